The van der Waals surface area contributed by atoms with E-state index in [9.17, 15) is 14.4 Å². The van der Waals surface area contributed by atoms with Gasteiger partial charge in [0.05, 0.1) is 0 Å². The molecule has 356 valence electrons. The van der Waals surface area contributed by atoms with Crippen LogP contribution in [0.2, 0.25) is 0 Å². The second-order valence-corrected chi connectivity index (χ2v) is 19.5. The van der Waals surface area contributed by atoms with E-state index in [1.807, 2.05) is 0 Å². The van der Waals surface area contributed by atoms with Crippen molar-refractivity contribution in [3.63, 3.8) is 0 Å². The van der Waals surface area contributed by atoms with E-state index in [1.54, 1.807) is 0 Å². The van der Waals surface area contributed by atoms with Crippen LogP contribution in [0, 0.1) is 11.8 Å². The topological polar surface area (TPSA) is 78.9 Å². The maximum Gasteiger partial charge on any atom is 0.306 e. The zero-order valence-corrected chi connectivity index (χ0v) is 41.1. The van der Waals surface area contributed by atoms with Crippen molar-refractivity contribution in [2.75, 3.05) is 13.2 Å². The van der Waals surface area contributed by atoms with Gasteiger partial charge in [-0.25, -0.2) is 0 Å². The van der Waals surface area contributed by atoms with Crippen LogP contribution in [-0.2, 0) is 28.6 Å². The number of esters is 3. The predicted molar refractivity (Wildman–Crippen MR) is 256 cm³/mol. The summed E-state index contributed by atoms with van der Waals surface area (Å²) in [5, 5.41) is 0. The van der Waals surface area contributed by atoms with Crippen LogP contribution >= 0.6 is 0 Å². The molecule has 0 aromatic carbocycles. The standard InChI is InChI=1S/C54H104O6/c1-6-7-8-9-27-34-39-44-52(55)58-47-51(48-59-53(56)45-40-35-30-25-21-17-14-13-16-20-24-29-33-38-43-50(4)5)60-54(57)46-41-36-31-26-22-18-12-10-11-15-19-23-28-32-37-42-49(2)3/h49-51H,6-48H2,1-5H3/t51-/m0/s1. The summed E-state index contributed by atoms with van der Waals surface area (Å²) < 4.78 is 16.8. The average Bonchev–Trinajstić information content (AvgIpc) is 3.22. The van der Waals surface area contributed by atoms with Crippen molar-refractivity contribution in [2.45, 2.75) is 304 Å². The number of rotatable bonds is 48. The van der Waals surface area contributed by atoms with Crippen molar-refractivity contribution >= 4 is 17.9 Å². The Bertz CT molecular complexity index is 916. The normalized spacial score (nSPS) is 12.1. The summed E-state index contributed by atoms with van der Waals surface area (Å²) >= 11 is 0. The van der Waals surface area contributed by atoms with Gasteiger partial charge in [-0.1, -0.05) is 259 Å². The molecule has 6 nitrogen and oxygen atoms in total. The Balaban J connectivity index is 4.18. The van der Waals surface area contributed by atoms with Crippen molar-refractivity contribution in [2.24, 2.45) is 11.8 Å². The van der Waals surface area contributed by atoms with Crippen molar-refractivity contribution in [3.05, 3.63) is 0 Å². The van der Waals surface area contributed by atoms with E-state index >= 15 is 0 Å². The van der Waals surface area contributed by atoms with Crippen LogP contribution in [0.1, 0.15) is 298 Å². The SMILES string of the molecule is CCCCCCCCCC(=O)OC[C@@H](COC(=O)CCCCCCCCCCCCCCCCC(C)C)OC(=O)CCCCCCCCCCCCCCCCCC(C)C. The molecular formula is C54H104O6. The zero-order valence-electron chi connectivity index (χ0n) is 41.1. The van der Waals surface area contributed by atoms with Crippen molar-refractivity contribution in [1.82, 2.24) is 0 Å². The molecule has 1 atom stereocenters. The summed E-state index contributed by atoms with van der Waals surface area (Å²) in [7, 11) is 0. The van der Waals surface area contributed by atoms with E-state index in [4.69, 9.17) is 14.2 Å². The Morgan fingerprint density at radius 3 is 0.817 bits per heavy atom. The molecule has 0 aliphatic carbocycles. The second-order valence-electron chi connectivity index (χ2n) is 19.5. The minimum atomic E-state index is -0.760. The molecule has 60 heavy (non-hydrogen) atoms. The van der Waals surface area contributed by atoms with Gasteiger partial charge in [0.2, 0.25) is 0 Å². The fourth-order valence-corrected chi connectivity index (χ4v) is 8.17. The highest BCUT2D eigenvalue weighted by Gasteiger charge is 2.19. The molecule has 0 aliphatic rings. The molecule has 0 heterocycles. The first kappa shape index (κ1) is 58.4. The van der Waals surface area contributed by atoms with E-state index in [1.165, 1.54) is 186 Å². The molecule has 0 fully saturated rings. The summed E-state index contributed by atoms with van der Waals surface area (Å²) in [5.74, 6) is 0.841. The van der Waals surface area contributed by atoms with Gasteiger partial charge in [-0.2, -0.15) is 0 Å². The third-order valence-corrected chi connectivity index (χ3v) is 12.2. The molecular weight excluding hydrogens is 745 g/mol. The highest BCUT2D eigenvalue weighted by Crippen LogP contribution is 2.18. The smallest absolute Gasteiger partial charge is 0.306 e. The number of carbonyl (C=O) groups is 3. The first-order valence-electron chi connectivity index (χ1n) is 26.7. The van der Waals surface area contributed by atoms with Crippen molar-refractivity contribution < 1.29 is 28.6 Å². The number of hydrogen-bond acceptors (Lipinski definition) is 6. The molecule has 0 radical (unpaired) electrons. The van der Waals surface area contributed by atoms with Crippen LogP contribution in [-0.4, -0.2) is 37.2 Å². The van der Waals surface area contributed by atoms with E-state index < -0.39 is 6.10 Å². The lowest BCUT2D eigenvalue weighted by atomic mass is 10.0. The molecule has 0 aromatic rings. The van der Waals surface area contributed by atoms with Crippen LogP contribution in [0.25, 0.3) is 0 Å². The molecule has 0 amide bonds. The predicted octanol–water partition coefficient (Wildman–Crippen LogP) is 17.3. The molecule has 0 unspecified atom stereocenters. The van der Waals surface area contributed by atoms with Gasteiger partial charge in [-0.15, -0.1) is 0 Å². The van der Waals surface area contributed by atoms with Gasteiger partial charge in [-0.05, 0) is 31.1 Å². The Morgan fingerprint density at radius 2 is 0.550 bits per heavy atom. The molecule has 0 N–H and O–H groups in total. The molecule has 0 aliphatic heterocycles. The van der Waals surface area contributed by atoms with Crippen molar-refractivity contribution in [1.29, 1.82) is 0 Å². The van der Waals surface area contributed by atoms with Crippen LogP contribution in [0.5, 0.6) is 0 Å². The highest BCUT2D eigenvalue weighted by atomic mass is 16.6. The lowest BCUT2D eigenvalue weighted by molar-refractivity contribution is -0.167. The Hall–Kier alpha value is -1.59. The van der Waals surface area contributed by atoms with Gasteiger partial charge >= 0.3 is 17.9 Å². The number of ether oxygens (including phenoxy) is 3. The minimum Gasteiger partial charge on any atom is -0.462 e. The first-order chi connectivity index (χ1) is 29.2. The summed E-state index contributed by atoms with van der Waals surface area (Å²) in [6.45, 7) is 11.4. The Labute approximate surface area is 374 Å². The fraction of sp³-hybridized carbons (Fsp3) is 0.944. The summed E-state index contributed by atoms with van der Waals surface area (Å²) in [5.41, 5.74) is 0. The third-order valence-electron chi connectivity index (χ3n) is 12.2. The lowest BCUT2D eigenvalue weighted by Gasteiger charge is -2.18. The van der Waals surface area contributed by atoms with E-state index in [0.717, 1.165) is 69.6 Å². The van der Waals surface area contributed by atoms with E-state index in [-0.39, 0.29) is 31.1 Å². The minimum absolute atomic E-state index is 0.0636. The third kappa shape index (κ3) is 47.5. The van der Waals surface area contributed by atoms with Gasteiger partial charge in [0.15, 0.2) is 6.10 Å². The quantitative estimate of drug-likeness (QED) is 0.0345. The van der Waals surface area contributed by atoms with Crippen LogP contribution in [0.15, 0.2) is 0 Å². The summed E-state index contributed by atoms with van der Waals surface area (Å²) in [6, 6.07) is 0. The first-order valence-corrected chi connectivity index (χ1v) is 26.7. The molecule has 0 saturated carbocycles. The van der Waals surface area contributed by atoms with Gasteiger partial charge in [0.1, 0.15) is 13.2 Å². The molecule has 0 spiro atoms. The molecule has 6 heteroatoms. The Kier molecular flexibility index (Phi) is 45.7. The zero-order chi connectivity index (χ0) is 44.0. The van der Waals surface area contributed by atoms with E-state index in [0.29, 0.717) is 19.3 Å². The van der Waals surface area contributed by atoms with E-state index in [2.05, 4.69) is 34.6 Å². The van der Waals surface area contributed by atoms with Gasteiger partial charge < -0.3 is 14.2 Å². The molecule has 0 bridgehead atoms. The highest BCUT2D eigenvalue weighted by molar-refractivity contribution is 5.71. The Morgan fingerprint density at radius 1 is 0.317 bits per heavy atom. The monoisotopic (exact) mass is 849 g/mol. The molecule has 0 aromatic heterocycles. The summed E-state index contributed by atoms with van der Waals surface area (Å²) in [4.78, 5) is 37.8. The molecule has 0 rings (SSSR count). The fourth-order valence-electron chi connectivity index (χ4n) is 8.17. The summed E-state index contributed by atoms with van der Waals surface area (Å²) in [6.07, 6.45) is 48.2. The van der Waals surface area contributed by atoms with Crippen LogP contribution in [0.4, 0.5) is 0 Å². The largest absolute Gasteiger partial charge is 0.462 e. The average molecular weight is 849 g/mol. The maximum absolute atomic E-state index is 12.8. The lowest BCUT2D eigenvalue weighted by Crippen LogP contribution is -2.30. The second kappa shape index (κ2) is 46.9. The van der Waals surface area contributed by atoms with Crippen molar-refractivity contribution in [3.8, 4) is 0 Å². The van der Waals surface area contributed by atoms with Crippen LogP contribution in [0.3, 0.4) is 0 Å². The number of unbranched alkanes of at least 4 members (excludes halogenated alkanes) is 33. The van der Waals surface area contributed by atoms with Gasteiger partial charge in [-0.3, -0.25) is 14.4 Å². The number of carbonyl (C=O) groups excluding carboxylic acids is 3. The van der Waals surface area contributed by atoms with Gasteiger partial charge in [0.25, 0.3) is 0 Å². The number of hydrogen-bond donors (Lipinski definition) is 0. The van der Waals surface area contributed by atoms with Gasteiger partial charge in [0, 0.05) is 19.3 Å². The van der Waals surface area contributed by atoms with Crippen LogP contribution < -0.4 is 0 Å². The molecule has 0 saturated heterocycles. The maximum atomic E-state index is 12.8.